The standard InChI is InChI=1S/C15H13BrClF2N/c1-20-15(11-4-3-10(18)8-12(11)16)7-9-2-5-13(17)14(19)6-9/h2-6,8,15,20H,7H2,1H3. The molecule has 2 rings (SSSR count). The van der Waals surface area contributed by atoms with Gasteiger partial charge in [-0.1, -0.05) is 39.7 Å². The lowest BCUT2D eigenvalue weighted by Gasteiger charge is -2.18. The van der Waals surface area contributed by atoms with Crippen LogP contribution in [0.3, 0.4) is 0 Å². The molecule has 0 saturated carbocycles. The second-order valence-electron chi connectivity index (χ2n) is 4.46. The minimum atomic E-state index is -0.433. The van der Waals surface area contributed by atoms with E-state index in [2.05, 4.69) is 21.2 Å². The SMILES string of the molecule is CNC(Cc1ccc(Cl)c(F)c1)c1ccc(F)cc1Br. The van der Waals surface area contributed by atoms with Crippen molar-refractivity contribution in [3.05, 3.63) is 68.7 Å². The molecule has 1 unspecified atom stereocenters. The summed E-state index contributed by atoms with van der Waals surface area (Å²) in [7, 11) is 1.81. The molecule has 0 aliphatic heterocycles. The van der Waals surface area contributed by atoms with Crippen LogP contribution in [0.1, 0.15) is 17.2 Å². The molecule has 0 aromatic heterocycles. The Morgan fingerprint density at radius 3 is 2.55 bits per heavy atom. The highest BCUT2D eigenvalue weighted by Crippen LogP contribution is 2.27. The smallest absolute Gasteiger partial charge is 0.142 e. The van der Waals surface area contributed by atoms with Crippen LogP contribution in [0.15, 0.2) is 40.9 Å². The Balaban J connectivity index is 2.26. The third kappa shape index (κ3) is 3.57. The molecule has 0 amide bonds. The van der Waals surface area contributed by atoms with Crippen molar-refractivity contribution in [1.29, 1.82) is 0 Å². The van der Waals surface area contributed by atoms with Gasteiger partial charge in [0.15, 0.2) is 0 Å². The van der Waals surface area contributed by atoms with E-state index in [-0.39, 0.29) is 16.9 Å². The van der Waals surface area contributed by atoms with Crippen molar-refractivity contribution in [2.75, 3.05) is 7.05 Å². The Hall–Kier alpha value is -0.970. The van der Waals surface area contributed by atoms with Gasteiger partial charge in [-0.3, -0.25) is 0 Å². The van der Waals surface area contributed by atoms with Crippen LogP contribution in [0.2, 0.25) is 5.02 Å². The summed E-state index contributed by atoms with van der Waals surface area (Å²) in [5.74, 6) is -0.731. The van der Waals surface area contributed by atoms with Crippen molar-refractivity contribution in [3.8, 4) is 0 Å². The van der Waals surface area contributed by atoms with E-state index in [1.165, 1.54) is 18.2 Å². The van der Waals surface area contributed by atoms with Crippen molar-refractivity contribution in [3.63, 3.8) is 0 Å². The van der Waals surface area contributed by atoms with Crippen LogP contribution in [0.25, 0.3) is 0 Å². The van der Waals surface area contributed by atoms with Gasteiger partial charge in [0.2, 0.25) is 0 Å². The van der Waals surface area contributed by atoms with E-state index < -0.39 is 5.82 Å². The van der Waals surface area contributed by atoms with Crippen LogP contribution in [0.5, 0.6) is 0 Å². The molecule has 106 valence electrons. The topological polar surface area (TPSA) is 12.0 Å². The highest BCUT2D eigenvalue weighted by molar-refractivity contribution is 9.10. The molecule has 1 atom stereocenters. The second-order valence-corrected chi connectivity index (χ2v) is 5.72. The number of nitrogens with one attached hydrogen (secondary N) is 1. The van der Waals surface area contributed by atoms with Crippen molar-refractivity contribution in [2.24, 2.45) is 0 Å². The summed E-state index contributed by atoms with van der Waals surface area (Å²) in [4.78, 5) is 0. The maximum Gasteiger partial charge on any atom is 0.142 e. The number of hydrogen-bond acceptors (Lipinski definition) is 1. The van der Waals surface area contributed by atoms with Gasteiger partial charge in [0.05, 0.1) is 5.02 Å². The maximum atomic E-state index is 13.5. The minimum Gasteiger partial charge on any atom is -0.313 e. The molecular formula is C15H13BrClF2N. The lowest BCUT2D eigenvalue weighted by molar-refractivity contribution is 0.577. The highest BCUT2D eigenvalue weighted by Gasteiger charge is 2.14. The van der Waals surface area contributed by atoms with E-state index in [0.717, 1.165) is 11.1 Å². The van der Waals surface area contributed by atoms with E-state index in [9.17, 15) is 8.78 Å². The predicted octanol–water partition coefficient (Wildman–Crippen LogP) is 4.88. The summed E-state index contributed by atoms with van der Waals surface area (Å²) in [5.41, 5.74) is 1.74. The molecule has 0 radical (unpaired) electrons. The molecule has 20 heavy (non-hydrogen) atoms. The van der Waals surface area contributed by atoms with Crippen LogP contribution in [-0.4, -0.2) is 7.05 Å². The van der Waals surface area contributed by atoms with Gasteiger partial charge in [0, 0.05) is 10.5 Å². The fourth-order valence-corrected chi connectivity index (χ4v) is 2.80. The Bertz CT molecular complexity index is 619. The van der Waals surface area contributed by atoms with Gasteiger partial charge < -0.3 is 5.32 Å². The first-order chi connectivity index (χ1) is 9.51. The molecule has 0 saturated heterocycles. The van der Waals surface area contributed by atoms with Crippen molar-refractivity contribution >= 4 is 27.5 Å². The molecular weight excluding hydrogens is 348 g/mol. The van der Waals surface area contributed by atoms with E-state index in [1.807, 2.05) is 7.05 Å². The van der Waals surface area contributed by atoms with Crippen LogP contribution >= 0.6 is 27.5 Å². The van der Waals surface area contributed by atoms with Crippen LogP contribution < -0.4 is 5.32 Å². The first-order valence-corrected chi connectivity index (χ1v) is 7.24. The molecule has 2 aromatic carbocycles. The number of benzene rings is 2. The molecule has 1 nitrogen and oxygen atoms in total. The number of rotatable bonds is 4. The van der Waals surface area contributed by atoms with E-state index in [0.29, 0.717) is 10.9 Å². The maximum absolute atomic E-state index is 13.5. The first-order valence-electron chi connectivity index (χ1n) is 6.07. The lowest BCUT2D eigenvalue weighted by Crippen LogP contribution is -2.19. The van der Waals surface area contributed by atoms with E-state index in [1.54, 1.807) is 18.2 Å². The van der Waals surface area contributed by atoms with Crippen LogP contribution in [0, 0.1) is 11.6 Å². The van der Waals surface area contributed by atoms with Crippen molar-refractivity contribution < 1.29 is 8.78 Å². The monoisotopic (exact) mass is 359 g/mol. The van der Waals surface area contributed by atoms with E-state index >= 15 is 0 Å². The molecule has 0 fully saturated rings. The van der Waals surface area contributed by atoms with Crippen LogP contribution in [-0.2, 0) is 6.42 Å². The Labute approximate surface area is 130 Å². The molecule has 1 N–H and O–H groups in total. The van der Waals surface area contributed by atoms with Gasteiger partial charge in [-0.2, -0.15) is 0 Å². The third-order valence-corrected chi connectivity index (χ3v) is 4.10. The average Bonchev–Trinajstić information content (AvgIpc) is 2.41. The minimum absolute atomic E-state index is 0.0504. The first kappa shape index (κ1) is 15.4. The Morgan fingerprint density at radius 2 is 1.95 bits per heavy atom. The summed E-state index contributed by atoms with van der Waals surface area (Å²) in [6.45, 7) is 0. The summed E-state index contributed by atoms with van der Waals surface area (Å²) in [5, 5.41) is 3.26. The highest BCUT2D eigenvalue weighted by atomic mass is 79.9. The van der Waals surface area contributed by atoms with Crippen LogP contribution in [0.4, 0.5) is 8.78 Å². The van der Waals surface area contributed by atoms with Gasteiger partial charge in [-0.15, -0.1) is 0 Å². The summed E-state index contributed by atoms with van der Waals surface area (Å²) in [6.07, 6.45) is 0.578. The Morgan fingerprint density at radius 1 is 1.20 bits per heavy atom. The Kier molecular flexibility index (Phi) is 5.13. The summed E-state index contributed by atoms with van der Waals surface area (Å²) >= 11 is 9.02. The number of likely N-dealkylation sites (N-methyl/N-ethyl adjacent to an activating group) is 1. The molecule has 0 heterocycles. The molecule has 0 aliphatic rings. The zero-order valence-electron chi connectivity index (χ0n) is 10.8. The zero-order valence-corrected chi connectivity index (χ0v) is 13.1. The second kappa shape index (κ2) is 6.66. The zero-order chi connectivity index (χ0) is 14.7. The molecule has 0 spiro atoms. The van der Waals surface area contributed by atoms with Gasteiger partial charge in [-0.25, -0.2) is 8.78 Å². The van der Waals surface area contributed by atoms with Gasteiger partial charge in [-0.05, 0) is 48.9 Å². The predicted molar refractivity (Wildman–Crippen MR) is 81.0 cm³/mol. The fourth-order valence-electron chi connectivity index (χ4n) is 2.05. The van der Waals surface area contributed by atoms with Gasteiger partial charge >= 0.3 is 0 Å². The third-order valence-electron chi connectivity index (χ3n) is 3.11. The fraction of sp³-hybridized carbons (Fsp3) is 0.200. The van der Waals surface area contributed by atoms with Gasteiger partial charge in [0.25, 0.3) is 0 Å². The van der Waals surface area contributed by atoms with Crippen molar-refractivity contribution in [2.45, 2.75) is 12.5 Å². The average molecular weight is 361 g/mol. The molecule has 0 bridgehead atoms. The normalized spacial score (nSPS) is 12.4. The summed E-state index contributed by atoms with van der Waals surface area (Å²) < 4.78 is 27.3. The number of halogens is 4. The summed E-state index contributed by atoms with van der Waals surface area (Å²) in [6, 6.07) is 9.24. The molecule has 2 aromatic rings. The quantitative estimate of drug-likeness (QED) is 0.819. The number of hydrogen-bond donors (Lipinski definition) is 1. The van der Waals surface area contributed by atoms with Gasteiger partial charge in [0.1, 0.15) is 11.6 Å². The largest absolute Gasteiger partial charge is 0.313 e. The lowest BCUT2D eigenvalue weighted by atomic mass is 9.99. The van der Waals surface area contributed by atoms with Crippen molar-refractivity contribution in [1.82, 2.24) is 5.32 Å². The van der Waals surface area contributed by atoms with E-state index in [4.69, 9.17) is 11.6 Å². The molecule has 5 heteroatoms. The molecule has 0 aliphatic carbocycles.